The van der Waals surface area contributed by atoms with E-state index in [1.54, 1.807) is 0 Å². The lowest BCUT2D eigenvalue weighted by atomic mass is 10.0. The molecule has 0 aromatic carbocycles. The molecule has 104 valence electrons. The second kappa shape index (κ2) is 6.36. The maximum Gasteiger partial charge on any atom is 0.240 e. The van der Waals surface area contributed by atoms with E-state index in [2.05, 4.69) is 22.2 Å². The van der Waals surface area contributed by atoms with Crippen LogP contribution in [-0.2, 0) is 4.79 Å². The van der Waals surface area contributed by atoms with Gasteiger partial charge in [0, 0.05) is 19.2 Å². The number of piperidine rings is 1. The number of hydrogen-bond donors (Lipinski definition) is 2. The van der Waals surface area contributed by atoms with E-state index in [-0.39, 0.29) is 11.9 Å². The lowest BCUT2D eigenvalue weighted by molar-refractivity contribution is -0.119. The highest BCUT2D eigenvalue weighted by Gasteiger charge is 2.28. The Hall–Kier alpha value is -1.85. The summed E-state index contributed by atoms with van der Waals surface area (Å²) < 4.78 is 0. The van der Waals surface area contributed by atoms with Crippen LogP contribution in [0, 0.1) is 0 Å². The van der Waals surface area contributed by atoms with E-state index < -0.39 is 0 Å². The van der Waals surface area contributed by atoms with Gasteiger partial charge >= 0.3 is 0 Å². The summed E-state index contributed by atoms with van der Waals surface area (Å²) in [6.45, 7) is 3.79. The van der Waals surface area contributed by atoms with Crippen LogP contribution in [0.2, 0.25) is 0 Å². The summed E-state index contributed by atoms with van der Waals surface area (Å²) in [5.74, 6) is 1.29. The fourth-order valence-electron chi connectivity index (χ4n) is 2.36. The zero-order valence-electron chi connectivity index (χ0n) is 11.3. The Morgan fingerprint density at radius 2 is 2.37 bits per heavy atom. The Morgan fingerprint density at radius 3 is 3.11 bits per heavy atom. The van der Waals surface area contributed by atoms with Crippen LogP contribution in [0.25, 0.3) is 0 Å². The van der Waals surface area contributed by atoms with Gasteiger partial charge in [0.1, 0.15) is 24.0 Å². The van der Waals surface area contributed by atoms with E-state index in [1.165, 1.54) is 6.33 Å². The van der Waals surface area contributed by atoms with Crippen molar-refractivity contribution >= 4 is 17.5 Å². The summed E-state index contributed by atoms with van der Waals surface area (Å²) in [5.41, 5.74) is 5.47. The fourth-order valence-corrected chi connectivity index (χ4v) is 2.36. The van der Waals surface area contributed by atoms with Gasteiger partial charge in [-0.15, -0.1) is 0 Å². The van der Waals surface area contributed by atoms with Crippen molar-refractivity contribution in [1.82, 2.24) is 9.97 Å². The number of nitrogens with zero attached hydrogens (tertiary/aromatic N) is 3. The molecule has 1 atom stereocenters. The number of carbonyl (C=O) groups excluding carboxylic acids is 1. The van der Waals surface area contributed by atoms with Crippen LogP contribution in [0.15, 0.2) is 12.4 Å². The number of nitrogens with two attached hydrogens (primary N) is 1. The summed E-state index contributed by atoms with van der Waals surface area (Å²) in [7, 11) is 0. The highest BCUT2D eigenvalue weighted by molar-refractivity contribution is 5.83. The molecule has 1 unspecified atom stereocenters. The van der Waals surface area contributed by atoms with Gasteiger partial charge < -0.3 is 16.0 Å². The Labute approximate surface area is 113 Å². The van der Waals surface area contributed by atoms with E-state index in [9.17, 15) is 4.79 Å². The molecule has 1 aliphatic rings. The Kier molecular flexibility index (Phi) is 4.54. The lowest BCUT2D eigenvalue weighted by Crippen LogP contribution is -2.48. The van der Waals surface area contributed by atoms with E-state index in [0.29, 0.717) is 0 Å². The second-order valence-electron chi connectivity index (χ2n) is 4.80. The Morgan fingerprint density at radius 1 is 1.53 bits per heavy atom. The molecule has 0 aliphatic carbocycles. The number of hydrogen-bond acceptors (Lipinski definition) is 5. The van der Waals surface area contributed by atoms with Crippen LogP contribution in [0.4, 0.5) is 11.6 Å². The molecule has 1 amide bonds. The second-order valence-corrected chi connectivity index (χ2v) is 4.80. The predicted molar refractivity (Wildman–Crippen MR) is 75.0 cm³/mol. The number of carbonyl (C=O) groups is 1. The van der Waals surface area contributed by atoms with Gasteiger partial charge in [0.05, 0.1) is 0 Å². The summed E-state index contributed by atoms with van der Waals surface area (Å²) in [6.07, 6.45) is 5.46. The molecule has 6 nitrogen and oxygen atoms in total. The van der Waals surface area contributed by atoms with Gasteiger partial charge in [-0.1, -0.05) is 6.92 Å². The number of anilines is 2. The lowest BCUT2D eigenvalue weighted by Gasteiger charge is -2.34. The van der Waals surface area contributed by atoms with Gasteiger partial charge in [-0.25, -0.2) is 9.97 Å². The highest BCUT2D eigenvalue weighted by Crippen LogP contribution is 2.24. The van der Waals surface area contributed by atoms with E-state index in [4.69, 9.17) is 5.73 Å². The van der Waals surface area contributed by atoms with E-state index in [0.717, 1.165) is 50.4 Å². The number of rotatable bonds is 5. The minimum Gasteiger partial charge on any atom is -0.370 e. The van der Waals surface area contributed by atoms with Crippen molar-refractivity contribution in [2.75, 3.05) is 23.3 Å². The topological polar surface area (TPSA) is 84.1 Å². The van der Waals surface area contributed by atoms with Crippen molar-refractivity contribution in [2.45, 2.75) is 38.6 Å². The first-order valence-corrected chi connectivity index (χ1v) is 6.84. The Bertz CT molecular complexity index is 437. The molecule has 1 aromatic heterocycles. The Balaban J connectivity index is 2.16. The predicted octanol–water partition coefficient (Wildman–Crippen LogP) is 1.14. The largest absolute Gasteiger partial charge is 0.370 e. The third-order valence-corrected chi connectivity index (χ3v) is 3.33. The average Bonchev–Trinajstić information content (AvgIpc) is 2.45. The standard InChI is InChI=1S/C13H21N5O/c1-2-6-15-11-8-12(17-9-16-11)18-7-4-3-5-10(18)13(14)19/h8-10H,2-7H2,1H3,(H2,14,19)(H,15,16,17). The van der Waals surface area contributed by atoms with Gasteiger partial charge in [-0.05, 0) is 25.7 Å². The molecular formula is C13H21N5O. The van der Waals surface area contributed by atoms with Crippen LogP contribution >= 0.6 is 0 Å². The molecule has 3 N–H and O–H groups in total. The van der Waals surface area contributed by atoms with Gasteiger partial charge in [-0.2, -0.15) is 0 Å². The van der Waals surface area contributed by atoms with Gasteiger partial charge in [0.2, 0.25) is 5.91 Å². The highest BCUT2D eigenvalue weighted by atomic mass is 16.1. The maximum absolute atomic E-state index is 11.5. The van der Waals surface area contributed by atoms with Gasteiger partial charge in [0.25, 0.3) is 0 Å². The summed E-state index contributed by atoms with van der Waals surface area (Å²) in [4.78, 5) is 22.0. The molecule has 0 bridgehead atoms. The summed E-state index contributed by atoms with van der Waals surface area (Å²) in [5, 5.41) is 3.22. The monoisotopic (exact) mass is 263 g/mol. The molecule has 0 radical (unpaired) electrons. The molecule has 2 rings (SSSR count). The quantitative estimate of drug-likeness (QED) is 0.832. The first-order valence-electron chi connectivity index (χ1n) is 6.84. The maximum atomic E-state index is 11.5. The molecule has 1 aromatic rings. The molecule has 0 saturated carbocycles. The van der Waals surface area contributed by atoms with Crippen LogP contribution in [0.1, 0.15) is 32.6 Å². The van der Waals surface area contributed by atoms with Crippen molar-refractivity contribution in [3.8, 4) is 0 Å². The average molecular weight is 263 g/mol. The van der Waals surface area contributed by atoms with Crippen LogP contribution in [0.3, 0.4) is 0 Å². The summed E-state index contributed by atoms with van der Waals surface area (Å²) in [6, 6.07) is 1.64. The third-order valence-electron chi connectivity index (χ3n) is 3.33. The van der Waals surface area contributed by atoms with Crippen LogP contribution < -0.4 is 16.0 Å². The number of aromatic nitrogens is 2. The smallest absolute Gasteiger partial charge is 0.240 e. The molecule has 1 fully saturated rings. The third kappa shape index (κ3) is 3.33. The minimum absolute atomic E-state index is 0.248. The van der Waals surface area contributed by atoms with Crippen LogP contribution in [0.5, 0.6) is 0 Å². The van der Waals surface area contributed by atoms with Gasteiger partial charge in [-0.3, -0.25) is 4.79 Å². The first-order chi connectivity index (χ1) is 9.22. The van der Waals surface area contributed by atoms with Crippen molar-refractivity contribution in [3.05, 3.63) is 12.4 Å². The molecule has 19 heavy (non-hydrogen) atoms. The minimum atomic E-state index is -0.277. The molecule has 2 heterocycles. The molecule has 6 heteroatoms. The summed E-state index contributed by atoms with van der Waals surface area (Å²) >= 11 is 0. The van der Waals surface area contributed by atoms with Crippen molar-refractivity contribution in [2.24, 2.45) is 5.73 Å². The SMILES string of the molecule is CCCNc1cc(N2CCCCC2C(N)=O)ncn1. The number of primary amides is 1. The number of amides is 1. The van der Waals surface area contributed by atoms with Crippen LogP contribution in [-0.4, -0.2) is 35.0 Å². The molecular weight excluding hydrogens is 242 g/mol. The van der Waals surface area contributed by atoms with Crippen molar-refractivity contribution in [3.63, 3.8) is 0 Å². The zero-order chi connectivity index (χ0) is 13.7. The van der Waals surface area contributed by atoms with Crippen molar-refractivity contribution in [1.29, 1.82) is 0 Å². The zero-order valence-corrected chi connectivity index (χ0v) is 11.3. The van der Waals surface area contributed by atoms with Crippen molar-refractivity contribution < 1.29 is 4.79 Å². The fraction of sp³-hybridized carbons (Fsp3) is 0.615. The molecule has 1 saturated heterocycles. The molecule has 1 aliphatic heterocycles. The van der Waals surface area contributed by atoms with E-state index >= 15 is 0 Å². The molecule has 0 spiro atoms. The van der Waals surface area contributed by atoms with E-state index in [1.807, 2.05) is 11.0 Å². The number of nitrogens with one attached hydrogen (secondary N) is 1. The first kappa shape index (κ1) is 13.6. The normalized spacial score (nSPS) is 19.2. The van der Waals surface area contributed by atoms with Gasteiger partial charge in [0.15, 0.2) is 0 Å².